The van der Waals surface area contributed by atoms with Crippen molar-refractivity contribution in [2.45, 2.75) is 64.2 Å². The van der Waals surface area contributed by atoms with E-state index in [9.17, 15) is 19.5 Å². The number of aliphatic hydroxyl groups is 1. The number of carbonyl (C=O) groups excluding carboxylic acids is 3. The van der Waals surface area contributed by atoms with Crippen LogP contribution in [-0.4, -0.2) is 48.0 Å². The van der Waals surface area contributed by atoms with Gasteiger partial charge in [-0.2, -0.15) is 0 Å². The zero-order valence-electron chi connectivity index (χ0n) is 24.3. The SMILES string of the molecule is CC(C)(C)OC(=O)NCCCCC(NC(=O)OCC1c2ccccc2-c2ccccc21)C(=O)Nc1ccc(CO)cc1. The summed E-state index contributed by atoms with van der Waals surface area (Å²) < 4.78 is 10.9. The molecule has 0 aliphatic heterocycles. The smallest absolute Gasteiger partial charge is 0.407 e. The Kier molecular flexibility index (Phi) is 10.2. The number of alkyl carbamates (subject to hydrolysis) is 2. The zero-order valence-corrected chi connectivity index (χ0v) is 24.3. The largest absolute Gasteiger partial charge is 0.449 e. The molecular formula is C33H39N3O6. The molecule has 1 aliphatic carbocycles. The molecule has 1 aliphatic rings. The lowest BCUT2D eigenvalue weighted by Crippen LogP contribution is -2.44. The summed E-state index contributed by atoms with van der Waals surface area (Å²) in [7, 11) is 0. The van der Waals surface area contributed by atoms with Crippen molar-refractivity contribution in [3.05, 3.63) is 89.5 Å². The van der Waals surface area contributed by atoms with Crippen molar-refractivity contribution in [3.8, 4) is 11.1 Å². The van der Waals surface area contributed by atoms with E-state index in [0.717, 1.165) is 27.8 Å². The van der Waals surface area contributed by atoms with E-state index >= 15 is 0 Å². The average molecular weight is 574 g/mol. The van der Waals surface area contributed by atoms with Gasteiger partial charge in [0.25, 0.3) is 0 Å². The van der Waals surface area contributed by atoms with Gasteiger partial charge in [0.2, 0.25) is 5.91 Å². The number of nitrogens with one attached hydrogen (secondary N) is 3. The molecule has 0 spiro atoms. The van der Waals surface area contributed by atoms with Crippen LogP contribution < -0.4 is 16.0 Å². The van der Waals surface area contributed by atoms with E-state index in [1.165, 1.54) is 0 Å². The molecule has 0 saturated heterocycles. The highest BCUT2D eigenvalue weighted by molar-refractivity contribution is 5.96. The monoisotopic (exact) mass is 573 g/mol. The van der Waals surface area contributed by atoms with Gasteiger partial charge >= 0.3 is 12.2 Å². The maximum absolute atomic E-state index is 13.2. The molecule has 3 aromatic carbocycles. The summed E-state index contributed by atoms with van der Waals surface area (Å²) in [6, 6.07) is 22.1. The number of unbranched alkanes of at least 4 members (excludes halogenated alkanes) is 1. The van der Waals surface area contributed by atoms with Crippen molar-refractivity contribution < 1.29 is 29.0 Å². The van der Waals surface area contributed by atoms with Crippen molar-refractivity contribution >= 4 is 23.8 Å². The Labute approximate surface area is 246 Å². The van der Waals surface area contributed by atoms with E-state index in [0.29, 0.717) is 31.5 Å². The number of rotatable bonds is 11. The first-order chi connectivity index (χ1) is 20.1. The lowest BCUT2D eigenvalue weighted by Gasteiger charge is -2.21. The first-order valence-corrected chi connectivity index (χ1v) is 14.2. The van der Waals surface area contributed by atoms with Gasteiger partial charge in [-0.25, -0.2) is 9.59 Å². The van der Waals surface area contributed by atoms with Crippen LogP contribution in [0.4, 0.5) is 15.3 Å². The molecule has 0 aromatic heterocycles. The number of amides is 3. The Morgan fingerprint density at radius 2 is 1.48 bits per heavy atom. The number of carbonyl (C=O) groups is 3. The third-order valence-corrected chi connectivity index (χ3v) is 6.94. The average Bonchev–Trinajstić information content (AvgIpc) is 3.28. The lowest BCUT2D eigenvalue weighted by atomic mass is 9.98. The summed E-state index contributed by atoms with van der Waals surface area (Å²) in [6.45, 7) is 5.79. The van der Waals surface area contributed by atoms with Crippen LogP contribution in [-0.2, 0) is 20.9 Å². The van der Waals surface area contributed by atoms with E-state index in [4.69, 9.17) is 9.47 Å². The summed E-state index contributed by atoms with van der Waals surface area (Å²) in [6.07, 6.45) is 0.293. The normalized spacial score (nSPS) is 13.0. The van der Waals surface area contributed by atoms with Gasteiger partial charge in [0.05, 0.1) is 6.61 Å². The molecule has 4 N–H and O–H groups in total. The number of ether oxygens (including phenoxy) is 2. The summed E-state index contributed by atoms with van der Waals surface area (Å²) in [5.74, 6) is -0.486. The van der Waals surface area contributed by atoms with Gasteiger partial charge in [-0.3, -0.25) is 4.79 Å². The van der Waals surface area contributed by atoms with Crippen molar-refractivity contribution in [1.82, 2.24) is 10.6 Å². The van der Waals surface area contributed by atoms with E-state index in [-0.39, 0.29) is 25.0 Å². The maximum atomic E-state index is 13.2. The molecule has 0 heterocycles. The Morgan fingerprint density at radius 1 is 0.857 bits per heavy atom. The van der Waals surface area contributed by atoms with Crippen LogP contribution >= 0.6 is 0 Å². The predicted octanol–water partition coefficient (Wildman–Crippen LogP) is 5.72. The van der Waals surface area contributed by atoms with Gasteiger partial charge in [-0.15, -0.1) is 0 Å². The Morgan fingerprint density at radius 3 is 2.07 bits per heavy atom. The minimum Gasteiger partial charge on any atom is -0.449 e. The molecule has 0 fully saturated rings. The van der Waals surface area contributed by atoms with E-state index in [1.807, 2.05) is 36.4 Å². The lowest BCUT2D eigenvalue weighted by molar-refractivity contribution is -0.118. The molecule has 42 heavy (non-hydrogen) atoms. The number of benzene rings is 3. The van der Waals surface area contributed by atoms with Gasteiger partial charge in [-0.1, -0.05) is 60.7 Å². The Balaban J connectivity index is 1.35. The summed E-state index contributed by atoms with van der Waals surface area (Å²) >= 11 is 0. The second-order valence-electron chi connectivity index (χ2n) is 11.3. The molecule has 222 valence electrons. The molecule has 1 atom stereocenters. The van der Waals surface area contributed by atoms with Crippen LogP contribution in [0, 0.1) is 0 Å². The van der Waals surface area contributed by atoms with E-state index < -0.39 is 23.8 Å². The Bertz CT molecular complexity index is 1340. The first kappa shape index (κ1) is 30.6. The van der Waals surface area contributed by atoms with Gasteiger partial charge < -0.3 is 30.5 Å². The van der Waals surface area contributed by atoms with Crippen LogP contribution in [0.5, 0.6) is 0 Å². The van der Waals surface area contributed by atoms with Crippen molar-refractivity contribution in [1.29, 1.82) is 0 Å². The molecule has 0 bridgehead atoms. The number of anilines is 1. The fourth-order valence-electron chi connectivity index (χ4n) is 4.95. The number of aliphatic hydroxyl groups excluding tert-OH is 1. The number of hydrogen-bond donors (Lipinski definition) is 4. The number of hydrogen-bond acceptors (Lipinski definition) is 6. The molecule has 0 saturated carbocycles. The van der Waals surface area contributed by atoms with Crippen LogP contribution in [0.15, 0.2) is 72.8 Å². The minimum absolute atomic E-state index is 0.0978. The predicted molar refractivity (Wildman–Crippen MR) is 161 cm³/mol. The second kappa shape index (κ2) is 14.0. The van der Waals surface area contributed by atoms with Crippen LogP contribution in [0.3, 0.4) is 0 Å². The fourth-order valence-corrected chi connectivity index (χ4v) is 4.95. The van der Waals surface area contributed by atoms with E-state index in [1.54, 1.807) is 45.0 Å². The zero-order chi connectivity index (χ0) is 30.1. The van der Waals surface area contributed by atoms with Gasteiger partial charge in [0.15, 0.2) is 0 Å². The first-order valence-electron chi connectivity index (χ1n) is 14.2. The highest BCUT2D eigenvalue weighted by Crippen LogP contribution is 2.44. The fraction of sp³-hybridized carbons (Fsp3) is 0.364. The highest BCUT2D eigenvalue weighted by Gasteiger charge is 2.30. The summed E-state index contributed by atoms with van der Waals surface area (Å²) in [4.78, 5) is 38.1. The third-order valence-electron chi connectivity index (χ3n) is 6.94. The quantitative estimate of drug-likeness (QED) is 0.218. The second-order valence-corrected chi connectivity index (χ2v) is 11.3. The van der Waals surface area contributed by atoms with Crippen molar-refractivity contribution in [2.24, 2.45) is 0 Å². The molecule has 1 unspecified atom stereocenters. The van der Waals surface area contributed by atoms with Gasteiger partial charge in [0.1, 0.15) is 18.2 Å². The molecule has 3 aromatic rings. The third kappa shape index (κ3) is 8.33. The summed E-state index contributed by atoms with van der Waals surface area (Å²) in [5.41, 5.74) is 5.14. The van der Waals surface area contributed by atoms with Crippen molar-refractivity contribution in [3.63, 3.8) is 0 Å². The minimum atomic E-state index is -0.861. The standard InChI is InChI=1S/C33H39N3O6/c1-33(2,3)42-31(39)34-19-9-8-14-29(30(38)35-23-17-15-22(20-37)16-18-23)36-32(40)41-21-28-26-12-6-4-10-24(26)25-11-5-7-13-27(25)28/h4-7,10-13,15-18,28-29,37H,8-9,14,19-21H2,1-3H3,(H,34,39)(H,35,38)(H,36,40). The summed E-state index contributed by atoms with van der Waals surface area (Å²) in [5, 5.41) is 17.6. The van der Waals surface area contributed by atoms with Gasteiger partial charge in [-0.05, 0) is 80.0 Å². The Hall–Kier alpha value is -4.37. The molecule has 9 heteroatoms. The molecule has 9 nitrogen and oxygen atoms in total. The number of fused-ring (bicyclic) bond motifs is 3. The van der Waals surface area contributed by atoms with Crippen LogP contribution in [0.1, 0.15) is 62.6 Å². The van der Waals surface area contributed by atoms with Crippen LogP contribution in [0.25, 0.3) is 11.1 Å². The topological polar surface area (TPSA) is 126 Å². The molecule has 3 amide bonds. The molecule has 4 rings (SSSR count). The van der Waals surface area contributed by atoms with Crippen LogP contribution in [0.2, 0.25) is 0 Å². The molecular weight excluding hydrogens is 534 g/mol. The van der Waals surface area contributed by atoms with Gasteiger partial charge in [0, 0.05) is 18.2 Å². The van der Waals surface area contributed by atoms with Crippen molar-refractivity contribution in [2.75, 3.05) is 18.5 Å². The maximum Gasteiger partial charge on any atom is 0.407 e. The molecule has 0 radical (unpaired) electrons. The highest BCUT2D eigenvalue weighted by atomic mass is 16.6. The van der Waals surface area contributed by atoms with E-state index in [2.05, 4.69) is 28.1 Å².